The smallest absolute Gasteiger partial charge is 0.0865 e. The molecule has 1 rings (SSSR count). The zero-order chi connectivity index (χ0) is 10.8. The molecular weight excluding hydrogens is 172 g/mol. The van der Waals surface area contributed by atoms with Crippen molar-refractivity contribution >= 4 is 0 Å². The van der Waals surface area contributed by atoms with Gasteiger partial charge in [0.15, 0.2) is 0 Å². The first kappa shape index (κ1) is 11.3. The molecule has 0 fully saturated rings. The SMILES string of the molecule is CCC(C)(O)c1ccc(C(C)C)cc1. The Kier molecular flexibility index (Phi) is 3.33. The Balaban J connectivity index is 2.94. The lowest BCUT2D eigenvalue weighted by atomic mass is 9.91. The molecule has 1 N–H and O–H groups in total. The predicted octanol–water partition coefficient (Wildman–Crippen LogP) is 3.43. The van der Waals surface area contributed by atoms with E-state index in [0.717, 1.165) is 12.0 Å². The molecule has 0 aliphatic heterocycles. The van der Waals surface area contributed by atoms with Crippen molar-refractivity contribution in [1.82, 2.24) is 0 Å². The fraction of sp³-hybridized carbons (Fsp3) is 0.538. The molecule has 78 valence electrons. The van der Waals surface area contributed by atoms with Gasteiger partial charge in [0.2, 0.25) is 0 Å². The molecule has 0 spiro atoms. The third-order valence-corrected chi connectivity index (χ3v) is 2.89. The van der Waals surface area contributed by atoms with Gasteiger partial charge in [-0.25, -0.2) is 0 Å². The van der Waals surface area contributed by atoms with E-state index in [1.165, 1.54) is 5.56 Å². The highest BCUT2D eigenvalue weighted by Gasteiger charge is 2.19. The van der Waals surface area contributed by atoms with Crippen molar-refractivity contribution in [2.75, 3.05) is 0 Å². The van der Waals surface area contributed by atoms with E-state index in [1.54, 1.807) is 0 Å². The normalized spacial score (nSPS) is 15.6. The summed E-state index contributed by atoms with van der Waals surface area (Å²) in [5.74, 6) is 0.552. The van der Waals surface area contributed by atoms with E-state index >= 15 is 0 Å². The van der Waals surface area contributed by atoms with E-state index in [4.69, 9.17) is 0 Å². The Labute approximate surface area is 86.8 Å². The molecule has 0 saturated heterocycles. The second-order valence-corrected chi connectivity index (χ2v) is 4.40. The average Bonchev–Trinajstić information content (AvgIpc) is 2.18. The van der Waals surface area contributed by atoms with Gasteiger partial charge in [-0.1, -0.05) is 45.0 Å². The number of benzene rings is 1. The summed E-state index contributed by atoms with van der Waals surface area (Å²) in [7, 11) is 0. The average molecular weight is 192 g/mol. The fourth-order valence-corrected chi connectivity index (χ4v) is 1.43. The predicted molar refractivity (Wildman–Crippen MR) is 60.4 cm³/mol. The number of rotatable bonds is 3. The van der Waals surface area contributed by atoms with Gasteiger partial charge in [0.05, 0.1) is 5.60 Å². The summed E-state index contributed by atoms with van der Waals surface area (Å²) in [5.41, 5.74) is 1.64. The van der Waals surface area contributed by atoms with Crippen LogP contribution in [0.1, 0.15) is 51.2 Å². The Morgan fingerprint density at radius 1 is 1.21 bits per heavy atom. The minimum atomic E-state index is -0.685. The third kappa shape index (κ3) is 2.36. The highest BCUT2D eigenvalue weighted by Crippen LogP contribution is 2.25. The van der Waals surface area contributed by atoms with Crippen LogP contribution >= 0.6 is 0 Å². The lowest BCUT2D eigenvalue weighted by Gasteiger charge is -2.22. The van der Waals surface area contributed by atoms with Crippen molar-refractivity contribution in [2.45, 2.75) is 45.6 Å². The molecular formula is C13H20O. The Morgan fingerprint density at radius 2 is 1.71 bits per heavy atom. The molecule has 0 radical (unpaired) electrons. The van der Waals surface area contributed by atoms with Crippen LogP contribution < -0.4 is 0 Å². The van der Waals surface area contributed by atoms with Gasteiger partial charge in [-0.3, -0.25) is 0 Å². The van der Waals surface area contributed by atoms with Gasteiger partial charge in [0.1, 0.15) is 0 Å². The molecule has 0 amide bonds. The standard InChI is InChI=1S/C13H20O/c1-5-13(4,14)12-8-6-11(7-9-12)10(2)3/h6-10,14H,5H2,1-4H3. The lowest BCUT2D eigenvalue weighted by molar-refractivity contribution is 0.0531. The van der Waals surface area contributed by atoms with Crippen molar-refractivity contribution in [1.29, 1.82) is 0 Å². The molecule has 0 aliphatic carbocycles. The zero-order valence-electron chi connectivity index (χ0n) is 9.54. The molecule has 1 atom stereocenters. The van der Waals surface area contributed by atoms with E-state index < -0.39 is 5.60 Å². The molecule has 1 aromatic rings. The van der Waals surface area contributed by atoms with Gasteiger partial charge >= 0.3 is 0 Å². The molecule has 1 heteroatoms. The summed E-state index contributed by atoms with van der Waals surface area (Å²) in [5, 5.41) is 10.0. The van der Waals surface area contributed by atoms with E-state index in [1.807, 2.05) is 26.0 Å². The maximum Gasteiger partial charge on any atom is 0.0865 e. The summed E-state index contributed by atoms with van der Waals surface area (Å²) in [4.78, 5) is 0. The second-order valence-electron chi connectivity index (χ2n) is 4.40. The molecule has 1 nitrogen and oxygen atoms in total. The molecule has 0 aliphatic rings. The van der Waals surface area contributed by atoms with Crippen molar-refractivity contribution in [3.8, 4) is 0 Å². The first-order valence-electron chi connectivity index (χ1n) is 5.30. The summed E-state index contributed by atoms with van der Waals surface area (Å²) in [6, 6.07) is 8.26. The topological polar surface area (TPSA) is 20.2 Å². The van der Waals surface area contributed by atoms with Crippen molar-refractivity contribution < 1.29 is 5.11 Å². The lowest BCUT2D eigenvalue weighted by Crippen LogP contribution is -2.19. The number of hydrogen-bond acceptors (Lipinski definition) is 1. The van der Waals surface area contributed by atoms with Crippen molar-refractivity contribution in [2.24, 2.45) is 0 Å². The van der Waals surface area contributed by atoms with Crippen LogP contribution in [0.25, 0.3) is 0 Å². The van der Waals surface area contributed by atoms with E-state index in [9.17, 15) is 5.11 Å². The summed E-state index contributed by atoms with van der Waals surface area (Å²) < 4.78 is 0. The van der Waals surface area contributed by atoms with E-state index in [-0.39, 0.29) is 0 Å². The largest absolute Gasteiger partial charge is 0.385 e. The number of aliphatic hydroxyl groups is 1. The van der Waals surface area contributed by atoms with Crippen LogP contribution in [-0.4, -0.2) is 5.11 Å². The maximum absolute atomic E-state index is 10.0. The molecule has 0 saturated carbocycles. The molecule has 14 heavy (non-hydrogen) atoms. The third-order valence-electron chi connectivity index (χ3n) is 2.89. The van der Waals surface area contributed by atoms with Crippen LogP contribution in [0.2, 0.25) is 0 Å². The first-order chi connectivity index (χ1) is 6.47. The highest BCUT2D eigenvalue weighted by molar-refractivity contribution is 5.28. The molecule has 0 heterocycles. The van der Waals surface area contributed by atoms with Gasteiger partial charge in [-0.05, 0) is 30.4 Å². The Hall–Kier alpha value is -0.820. The quantitative estimate of drug-likeness (QED) is 0.778. The van der Waals surface area contributed by atoms with Crippen LogP contribution in [0, 0.1) is 0 Å². The summed E-state index contributed by atoms with van der Waals surface area (Å²) in [6.07, 6.45) is 0.744. The minimum Gasteiger partial charge on any atom is -0.385 e. The fourth-order valence-electron chi connectivity index (χ4n) is 1.43. The van der Waals surface area contributed by atoms with Gasteiger partial charge < -0.3 is 5.11 Å². The molecule has 0 bridgehead atoms. The summed E-state index contributed by atoms with van der Waals surface area (Å²) in [6.45, 7) is 8.20. The van der Waals surface area contributed by atoms with Crippen LogP contribution in [0.4, 0.5) is 0 Å². The van der Waals surface area contributed by atoms with Gasteiger partial charge in [-0.15, -0.1) is 0 Å². The molecule has 1 unspecified atom stereocenters. The van der Waals surface area contributed by atoms with Crippen LogP contribution in [0.3, 0.4) is 0 Å². The van der Waals surface area contributed by atoms with E-state index in [0.29, 0.717) is 5.92 Å². The van der Waals surface area contributed by atoms with Crippen molar-refractivity contribution in [3.05, 3.63) is 35.4 Å². The first-order valence-corrected chi connectivity index (χ1v) is 5.30. The summed E-state index contributed by atoms with van der Waals surface area (Å²) >= 11 is 0. The maximum atomic E-state index is 10.0. The zero-order valence-corrected chi connectivity index (χ0v) is 9.54. The van der Waals surface area contributed by atoms with Gasteiger partial charge in [-0.2, -0.15) is 0 Å². The molecule has 0 aromatic heterocycles. The Morgan fingerprint density at radius 3 is 2.07 bits per heavy atom. The highest BCUT2D eigenvalue weighted by atomic mass is 16.3. The van der Waals surface area contributed by atoms with Crippen LogP contribution in [0.15, 0.2) is 24.3 Å². The van der Waals surface area contributed by atoms with Gasteiger partial charge in [0.25, 0.3) is 0 Å². The van der Waals surface area contributed by atoms with Crippen LogP contribution in [-0.2, 0) is 5.60 Å². The van der Waals surface area contributed by atoms with Crippen LogP contribution in [0.5, 0.6) is 0 Å². The minimum absolute atomic E-state index is 0.552. The monoisotopic (exact) mass is 192 g/mol. The number of hydrogen-bond donors (Lipinski definition) is 1. The second kappa shape index (κ2) is 4.14. The Bertz CT molecular complexity index is 283. The van der Waals surface area contributed by atoms with E-state index in [2.05, 4.69) is 26.0 Å². The van der Waals surface area contributed by atoms with Gasteiger partial charge in [0, 0.05) is 0 Å². The molecule has 1 aromatic carbocycles. The van der Waals surface area contributed by atoms with Crippen molar-refractivity contribution in [3.63, 3.8) is 0 Å².